The molecule has 1 heterocycles. The Morgan fingerprint density at radius 1 is 0.909 bits per heavy atom. The fourth-order valence-electron chi connectivity index (χ4n) is 3.96. The van der Waals surface area contributed by atoms with Crippen molar-refractivity contribution in [2.24, 2.45) is 0 Å². The lowest BCUT2D eigenvalue weighted by molar-refractivity contribution is -0.128. The Bertz CT molecular complexity index is 1090. The summed E-state index contributed by atoms with van der Waals surface area (Å²) in [4.78, 5) is 26.8. The van der Waals surface area contributed by atoms with Gasteiger partial charge < -0.3 is 15.0 Å². The van der Waals surface area contributed by atoms with Crippen LogP contribution in [-0.4, -0.2) is 41.9 Å². The van der Waals surface area contributed by atoms with Gasteiger partial charge in [-0.25, -0.2) is 4.39 Å². The highest BCUT2D eigenvalue weighted by Crippen LogP contribution is 2.23. The fourth-order valence-corrected chi connectivity index (χ4v) is 3.96. The number of carbonyl (C=O) groups is 2. The lowest BCUT2D eigenvalue weighted by Crippen LogP contribution is -2.49. The van der Waals surface area contributed by atoms with Crippen molar-refractivity contribution in [3.05, 3.63) is 90.2 Å². The maximum absolute atomic E-state index is 13.9. The first kappa shape index (κ1) is 22.5. The van der Waals surface area contributed by atoms with Gasteiger partial charge in [-0.2, -0.15) is 0 Å². The smallest absolute Gasteiger partial charge is 0.260 e. The number of nitrogens with zero attached hydrogens (tertiary/aromatic N) is 1. The lowest BCUT2D eigenvalue weighted by atomic mass is 10.0. The van der Waals surface area contributed by atoms with Gasteiger partial charge in [0.05, 0.1) is 5.56 Å². The highest BCUT2D eigenvalue weighted by Gasteiger charge is 2.27. The third kappa shape index (κ3) is 5.58. The molecule has 6 heteroatoms. The van der Waals surface area contributed by atoms with Crippen molar-refractivity contribution < 1.29 is 18.7 Å². The molecule has 1 atom stereocenters. The molecule has 3 aromatic rings. The van der Waals surface area contributed by atoms with E-state index in [0.717, 1.165) is 11.1 Å². The first-order chi connectivity index (χ1) is 16.0. The molecule has 3 aromatic carbocycles. The van der Waals surface area contributed by atoms with Crippen LogP contribution in [0.2, 0.25) is 0 Å². The normalized spacial score (nSPS) is 15.0. The second kappa shape index (κ2) is 10.3. The zero-order chi connectivity index (χ0) is 23.2. The Kier molecular flexibility index (Phi) is 7.03. The molecule has 0 aromatic heterocycles. The first-order valence-corrected chi connectivity index (χ1v) is 11.2. The molecule has 2 amide bonds. The number of piperidine rings is 1. The summed E-state index contributed by atoms with van der Waals surface area (Å²) >= 11 is 0. The van der Waals surface area contributed by atoms with E-state index in [1.54, 1.807) is 24.0 Å². The molecular formula is C27H27FN2O3. The van der Waals surface area contributed by atoms with Crippen molar-refractivity contribution in [2.45, 2.75) is 31.9 Å². The predicted octanol–water partition coefficient (Wildman–Crippen LogP) is 4.68. The molecule has 1 aliphatic rings. The molecule has 4 rings (SSSR count). The number of hydrogen-bond acceptors (Lipinski definition) is 3. The van der Waals surface area contributed by atoms with Crippen LogP contribution in [0, 0.1) is 5.82 Å². The molecule has 0 aliphatic carbocycles. The second-order valence-electron chi connectivity index (χ2n) is 8.21. The summed E-state index contributed by atoms with van der Waals surface area (Å²) in [5.41, 5.74) is 2.28. The molecule has 0 spiro atoms. The number of halogens is 1. The number of ether oxygens (including phenoxy) is 1. The van der Waals surface area contributed by atoms with Crippen molar-refractivity contribution in [1.82, 2.24) is 10.2 Å². The SMILES string of the molecule is CC(Oc1ccc(-c2ccccc2)cc1)C(=O)NC1CCN(C(=O)c2ccccc2F)CC1. The minimum atomic E-state index is -0.648. The number of benzene rings is 3. The monoisotopic (exact) mass is 446 g/mol. The Labute approximate surface area is 193 Å². The van der Waals surface area contributed by atoms with Gasteiger partial charge in [-0.3, -0.25) is 9.59 Å². The van der Waals surface area contributed by atoms with Crippen LogP contribution in [0.25, 0.3) is 11.1 Å². The van der Waals surface area contributed by atoms with Crippen LogP contribution in [0.4, 0.5) is 4.39 Å². The van der Waals surface area contributed by atoms with Crippen LogP contribution in [0.3, 0.4) is 0 Å². The third-order valence-electron chi connectivity index (χ3n) is 5.88. The Hall–Kier alpha value is -3.67. The molecule has 0 radical (unpaired) electrons. The van der Waals surface area contributed by atoms with Crippen LogP contribution in [0.5, 0.6) is 5.75 Å². The molecule has 1 unspecified atom stereocenters. The van der Waals surface area contributed by atoms with Crippen LogP contribution in [0.15, 0.2) is 78.9 Å². The van der Waals surface area contributed by atoms with E-state index in [4.69, 9.17) is 4.74 Å². The number of hydrogen-bond donors (Lipinski definition) is 1. The van der Waals surface area contributed by atoms with E-state index < -0.39 is 11.9 Å². The van der Waals surface area contributed by atoms with Gasteiger partial charge in [0.15, 0.2) is 6.10 Å². The highest BCUT2D eigenvalue weighted by molar-refractivity contribution is 5.94. The van der Waals surface area contributed by atoms with Crippen molar-refractivity contribution >= 4 is 11.8 Å². The maximum atomic E-state index is 13.9. The summed E-state index contributed by atoms with van der Waals surface area (Å²) in [7, 11) is 0. The summed E-state index contributed by atoms with van der Waals surface area (Å²) < 4.78 is 19.7. The molecule has 1 N–H and O–H groups in total. The maximum Gasteiger partial charge on any atom is 0.260 e. The van der Waals surface area contributed by atoms with Gasteiger partial charge in [0.2, 0.25) is 0 Å². The molecule has 0 bridgehead atoms. The third-order valence-corrected chi connectivity index (χ3v) is 5.88. The van der Waals surface area contributed by atoms with Gasteiger partial charge >= 0.3 is 0 Å². The summed E-state index contributed by atoms with van der Waals surface area (Å²) in [6.07, 6.45) is 0.583. The molecule has 0 saturated carbocycles. The minimum Gasteiger partial charge on any atom is -0.481 e. The number of likely N-dealkylation sites (tertiary alicyclic amines) is 1. The van der Waals surface area contributed by atoms with Gasteiger partial charge in [-0.1, -0.05) is 54.6 Å². The van der Waals surface area contributed by atoms with E-state index in [2.05, 4.69) is 5.32 Å². The lowest BCUT2D eigenvalue weighted by Gasteiger charge is -2.33. The van der Waals surface area contributed by atoms with Crippen molar-refractivity contribution in [3.8, 4) is 16.9 Å². The average molecular weight is 447 g/mol. The predicted molar refractivity (Wildman–Crippen MR) is 125 cm³/mol. The Morgan fingerprint density at radius 2 is 1.52 bits per heavy atom. The van der Waals surface area contributed by atoms with Gasteiger partial charge in [0.25, 0.3) is 11.8 Å². The van der Waals surface area contributed by atoms with Gasteiger partial charge in [0.1, 0.15) is 11.6 Å². The molecule has 1 aliphatic heterocycles. The van der Waals surface area contributed by atoms with E-state index in [0.29, 0.717) is 31.7 Å². The van der Waals surface area contributed by atoms with Gasteiger partial charge in [-0.05, 0) is 55.2 Å². The van der Waals surface area contributed by atoms with E-state index in [1.807, 2.05) is 54.6 Å². The second-order valence-corrected chi connectivity index (χ2v) is 8.21. The first-order valence-electron chi connectivity index (χ1n) is 11.2. The van der Waals surface area contributed by atoms with Crippen LogP contribution >= 0.6 is 0 Å². The quantitative estimate of drug-likeness (QED) is 0.598. The molecule has 5 nitrogen and oxygen atoms in total. The van der Waals surface area contributed by atoms with Crippen LogP contribution in [-0.2, 0) is 4.79 Å². The van der Waals surface area contributed by atoms with E-state index in [-0.39, 0.29) is 23.4 Å². The summed E-state index contributed by atoms with van der Waals surface area (Å²) in [5.74, 6) is -0.391. The largest absolute Gasteiger partial charge is 0.481 e. The number of carbonyl (C=O) groups excluding carboxylic acids is 2. The van der Waals surface area contributed by atoms with Crippen molar-refractivity contribution in [1.29, 1.82) is 0 Å². The summed E-state index contributed by atoms with van der Waals surface area (Å²) in [6.45, 7) is 2.65. The Balaban J connectivity index is 1.26. The van der Waals surface area contributed by atoms with Crippen LogP contribution < -0.4 is 10.1 Å². The molecule has 1 fully saturated rings. The summed E-state index contributed by atoms with van der Waals surface area (Å²) in [5, 5.41) is 3.01. The van der Waals surface area contributed by atoms with E-state index in [9.17, 15) is 14.0 Å². The van der Waals surface area contributed by atoms with Crippen molar-refractivity contribution in [2.75, 3.05) is 13.1 Å². The van der Waals surface area contributed by atoms with Gasteiger partial charge in [0, 0.05) is 19.1 Å². The van der Waals surface area contributed by atoms with Crippen LogP contribution in [0.1, 0.15) is 30.1 Å². The number of rotatable bonds is 6. The zero-order valence-electron chi connectivity index (χ0n) is 18.5. The molecule has 1 saturated heterocycles. The zero-order valence-corrected chi connectivity index (χ0v) is 18.5. The molecule has 33 heavy (non-hydrogen) atoms. The fraction of sp³-hybridized carbons (Fsp3) is 0.259. The number of amides is 2. The summed E-state index contributed by atoms with van der Waals surface area (Å²) in [6, 6.07) is 23.7. The standard InChI is InChI=1S/C27H27FN2O3/c1-19(33-23-13-11-21(12-14-23)20-7-3-2-4-8-20)26(31)29-22-15-17-30(18-16-22)27(32)24-9-5-6-10-25(24)28/h2-14,19,22H,15-18H2,1H3,(H,29,31). The van der Waals surface area contributed by atoms with Crippen molar-refractivity contribution in [3.63, 3.8) is 0 Å². The molecule has 170 valence electrons. The van der Waals surface area contributed by atoms with E-state index in [1.165, 1.54) is 12.1 Å². The average Bonchev–Trinajstić information content (AvgIpc) is 2.85. The minimum absolute atomic E-state index is 0.0475. The van der Waals surface area contributed by atoms with Gasteiger partial charge in [-0.15, -0.1) is 0 Å². The molecular weight excluding hydrogens is 419 g/mol. The Morgan fingerprint density at radius 3 is 2.18 bits per heavy atom. The topological polar surface area (TPSA) is 58.6 Å². The number of nitrogens with one attached hydrogen (secondary N) is 1. The highest BCUT2D eigenvalue weighted by atomic mass is 19.1. The van der Waals surface area contributed by atoms with E-state index >= 15 is 0 Å².